The van der Waals surface area contributed by atoms with Gasteiger partial charge in [-0.15, -0.1) is 0 Å². The van der Waals surface area contributed by atoms with Crippen LogP contribution >= 0.6 is 11.8 Å². The zero-order valence-electron chi connectivity index (χ0n) is 15.9. The van der Waals surface area contributed by atoms with Gasteiger partial charge in [-0.3, -0.25) is 4.99 Å². The Morgan fingerprint density at radius 1 is 1.28 bits per heavy atom. The number of aliphatic imine (C=N–C) groups is 1. The molecule has 0 bridgehead atoms. The summed E-state index contributed by atoms with van der Waals surface area (Å²) in [7, 11) is 1.79. The molecule has 5 nitrogen and oxygen atoms in total. The largest absolute Gasteiger partial charge is 0.488 e. The van der Waals surface area contributed by atoms with Gasteiger partial charge in [0.1, 0.15) is 12.2 Å². The third-order valence-electron chi connectivity index (χ3n) is 4.00. The van der Waals surface area contributed by atoms with Crippen molar-refractivity contribution in [3.8, 4) is 11.5 Å². The fraction of sp³-hybridized carbons (Fsp3) is 0.632. The number of thioether (sulfide) groups is 1. The topological polar surface area (TPSA) is 54.9 Å². The molecule has 25 heavy (non-hydrogen) atoms. The van der Waals surface area contributed by atoms with E-state index in [-0.39, 0.29) is 5.60 Å². The van der Waals surface area contributed by atoms with Gasteiger partial charge in [-0.25, -0.2) is 0 Å². The van der Waals surface area contributed by atoms with E-state index in [0.29, 0.717) is 13.2 Å². The lowest BCUT2D eigenvalue weighted by molar-refractivity contribution is 0.132. The summed E-state index contributed by atoms with van der Waals surface area (Å²) in [5, 5.41) is 6.61. The van der Waals surface area contributed by atoms with Crippen molar-refractivity contribution in [1.82, 2.24) is 10.6 Å². The second kappa shape index (κ2) is 9.80. The van der Waals surface area contributed by atoms with Gasteiger partial charge in [-0.2, -0.15) is 11.8 Å². The SMILES string of the molecule is CN=C(NCCCCSC)NCCOc1cccc2c1OC(C)(C)C2. The number of rotatable bonds is 9. The molecule has 1 aliphatic rings. The minimum Gasteiger partial charge on any atom is -0.488 e. The average Bonchev–Trinajstić information content (AvgIpc) is 2.91. The van der Waals surface area contributed by atoms with Crippen molar-refractivity contribution in [2.75, 3.05) is 38.8 Å². The maximum atomic E-state index is 6.03. The first-order chi connectivity index (χ1) is 12.1. The summed E-state index contributed by atoms with van der Waals surface area (Å²) in [5.74, 6) is 3.75. The average molecular weight is 366 g/mol. The number of ether oxygens (including phenoxy) is 2. The number of unbranched alkanes of at least 4 members (excludes halogenated alkanes) is 1. The molecule has 1 heterocycles. The van der Waals surface area contributed by atoms with Crippen LogP contribution < -0.4 is 20.1 Å². The van der Waals surface area contributed by atoms with Crippen molar-refractivity contribution in [3.05, 3.63) is 23.8 Å². The highest BCUT2D eigenvalue weighted by atomic mass is 32.2. The number of nitrogens with zero attached hydrogens (tertiary/aromatic N) is 1. The Morgan fingerprint density at radius 2 is 2.08 bits per heavy atom. The molecule has 140 valence electrons. The van der Waals surface area contributed by atoms with Gasteiger partial charge in [-0.1, -0.05) is 12.1 Å². The van der Waals surface area contributed by atoms with Gasteiger partial charge in [0.05, 0.1) is 6.54 Å². The highest BCUT2D eigenvalue weighted by molar-refractivity contribution is 7.98. The number of hydrogen-bond donors (Lipinski definition) is 2. The summed E-state index contributed by atoms with van der Waals surface area (Å²) in [6.45, 7) is 6.40. The zero-order valence-corrected chi connectivity index (χ0v) is 16.7. The fourth-order valence-electron chi connectivity index (χ4n) is 2.83. The van der Waals surface area contributed by atoms with E-state index in [1.54, 1.807) is 7.05 Å². The smallest absolute Gasteiger partial charge is 0.191 e. The number of para-hydroxylation sites is 1. The van der Waals surface area contributed by atoms with Gasteiger partial charge < -0.3 is 20.1 Å². The molecule has 0 spiro atoms. The van der Waals surface area contributed by atoms with Crippen molar-refractivity contribution in [2.24, 2.45) is 4.99 Å². The first-order valence-corrected chi connectivity index (χ1v) is 10.3. The van der Waals surface area contributed by atoms with Crippen LogP contribution in [-0.2, 0) is 6.42 Å². The van der Waals surface area contributed by atoms with Crippen LogP contribution in [-0.4, -0.2) is 50.3 Å². The molecule has 2 rings (SSSR count). The van der Waals surface area contributed by atoms with Crippen molar-refractivity contribution in [1.29, 1.82) is 0 Å². The van der Waals surface area contributed by atoms with E-state index in [1.807, 2.05) is 23.9 Å². The van der Waals surface area contributed by atoms with Crippen LogP contribution in [0.1, 0.15) is 32.3 Å². The molecule has 6 heteroatoms. The highest BCUT2D eigenvalue weighted by Crippen LogP contribution is 2.41. The van der Waals surface area contributed by atoms with Crippen LogP contribution in [0.15, 0.2) is 23.2 Å². The van der Waals surface area contributed by atoms with Crippen molar-refractivity contribution in [3.63, 3.8) is 0 Å². The molecule has 0 saturated carbocycles. The van der Waals surface area contributed by atoms with Crippen LogP contribution in [0.25, 0.3) is 0 Å². The van der Waals surface area contributed by atoms with Crippen LogP contribution in [0.2, 0.25) is 0 Å². The van der Waals surface area contributed by atoms with Gasteiger partial charge >= 0.3 is 0 Å². The van der Waals surface area contributed by atoms with Crippen molar-refractivity contribution < 1.29 is 9.47 Å². The minimum atomic E-state index is -0.151. The number of nitrogens with one attached hydrogen (secondary N) is 2. The van der Waals surface area contributed by atoms with Gasteiger partial charge in [0.2, 0.25) is 0 Å². The van der Waals surface area contributed by atoms with Crippen LogP contribution in [0.4, 0.5) is 0 Å². The molecule has 0 amide bonds. The highest BCUT2D eigenvalue weighted by Gasteiger charge is 2.32. The van der Waals surface area contributed by atoms with E-state index < -0.39 is 0 Å². The summed E-state index contributed by atoms with van der Waals surface area (Å²) in [6.07, 6.45) is 5.44. The standard InChI is InChI=1S/C19H31N3O2S/c1-19(2)14-15-8-7-9-16(17(15)24-19)23-12-11-22-18(20-3)21-10-5-6-13-25-4/h7-9H,5-6,10-14H2,1-4H3,(H2,20,21,22). The number of hydrogen-bond acceptors (Lipinski definition) is 4. The van der Waals surface area contributed by atoms with E-state index in [9.17, 15) is 0 Å². The molecule has 0 atom stereocenters. The first-order valence-electron chi connectivity index (χ1n) is 8.93. The molecule has 0 unspecified atom stereocenters. The number of fused-ring (bicyclic) bond motifs is 1. The third-order valence-corrected chi connectivity index (χ3v) is 4.70. The molecular weight excluding hydrogens is 334 g/mol. The van der Waals surface area contributed by atoms with Crippen LogP contribution in [0.3, 0.4) is 0 Å². The molecule has 2 N–H and O–H groups in total. The Labute approximate surface area is 156 Å². The van der Waals surface area contributed by atoms with Crippen molar-refractivity contribution in [2.45, 2.75) is 38.7 Å². The second-order valence-corrected chi connectivity index (χ2v) is 7.74. The predicted molar refractivity (Wildman–Crippen MR) is 107 cm³/mol. The Kier molecular flexibility index (Phi) is 7.75. The lowest BCUT2D eigenvalue weighted by Gasteiger charge is -2.18. The van der Waals surface area contributed by atoms with E-state index in [0.717, 1.165) is 36.8 Å². The molecule has 0 aliphatic carbocycles. The summed E-state index contributed by atoms with van der Waals surface area (Å²) >= 11 is 1.89. The Hall–Kier alpha value is -1.56. The van der Waals surface area contributed by atoms with Gasteiger partial charge in [0, 0.05) is 25.6 Å². The van der Waals surface area contributed by atoms with Crippen LogP contribution in [0, 0.1) is 0 Å². The zero-order chi connectivity index (χ0) is 18.1. The summed E-state index contributed by atoms with van der Waals surface area (Å²) in [6, 6.07) is 6.11. The maximum Gasteiger partial charge on any atom is 0.191 e. The molecule has 0 aromatic heterocycles. The monoisotopic (exact) mass is 365 g/mol. The first kappa shape index (κ1) is 19.8. The predicted octanol–water partition coefficient (Wildman–Crippen LogP) is 3.09. The van der Waals surface area contributed by atoms with E-state index in [4.69, 9.17) is 9.47 Å². The fourth-order valence-corrected chi connectivity index (χ4v) is 3.32. The molecule has 0 radical (unpaired) electrons. The lowest BCUT2D eigenvalue weighted by Crippen LogP contribution is -2.39. The molecule has 0 fully saturated rings. The van der Waals surface area contributed by atoms with Crippen molar-refractivity contribution >= 4 is 17.7 Å². The summed E-state index contributed by atoms with van der Waals surface area (Å²) < 4.78 is 11.9. The summed E-state index contributed by atoms with van der Waals surface area (Å²) in [4.78, 5) is 4.24. The number of guanidine groups is 1. The Bertz CT molecular complexity index is 576. The maximum absolute atomic E-state index is 6.03. The minimum absolute atomic E-state index is 0.151. The Morgan fingerprint density at radius 3 is 2.84 bits per heavy atom. The van der Waals surface area contributed by atoms with E-state index in [1.165, 1.54) is 17.7 Å². The normalized spacial score (nSPS) is 15.4. The lowest BCUT2D eigenvalue weighted by atomic mass is 10.0. The Balaban J connectivity index is 1.70. The van der Waals surface area contributed by atoms with Gasteiger partial charge in [-0.05, 0) is 44.8 Å². The molecular formula is C19H31N3O2S. The van der Waals surface area contributed by atoms with Gasteiger partial charge in [0.15, 0.2) is 17.5 Å². The van der Waals surface area contributed by atoms with E-state index >= 15 is 0 Å². The molecule has 1 aliphatic heterocycles. The number of benzene rings is 1. The van der Waals surface area contributed by atoms with Crippen LogP contribution in [0.5, 0.6) is 11.5 Å². The summed E-state index contributed by atoms with van der Waals surface area (Å²) in [5.41, 5.74) is 1.07. The van der Waals surface area contributed by atoms with Gasteiger partial charge in [0.25, 0.3) is 0 Å². The molecule has 1 aromatic carbocycles. The van der Waals surface area contributed by atoms with E-state index in [2.05, 4.69) is 41.8 Å². The second-order valence-electron chi connectivity index (χ2n) is 6.76. The quantitative estimate of drug-likeness (QED) is 0.400. The molecule has 0 saturated heterocycles. The third kappa shape index (κ3) is 6.34. The molecule has 1 aromatic rings.